The van der Waals surface area contributed by atoms with E-state index in [1.807, 2.05) is 41.9 Å². The fourth-order valence-corrected chi connectivity index (χ4v) is 4.39. The van der Waals surface area contributed by atoms with Gasteiger partial charge in [-0.25, -0.2) is 4.68 Å². The molecule has 4 aromatic rings. The molecule has 2 heterocycles. The van der Waals surface area contributed by atoms with Crippen molar-refractivity contribution in [3.63, 3.8) is 0 Å². The first kappa shape index (κ1) is 20.9. The average Bonchev–Trinajstić information content (AvgIpc) is 3.20. The Bertz CT molecular complexity index is 1240. The molecule has 7 heteroatoms. The number of nitrogens with zero attached hydrogens (tertiary/aromatic N) is 4. The van der Waals surface area contributed by atoms with Gasteiger partial charge < -0.3 is 9.88 Å². The molecule has 0 saturated heterocycles. The smallest absolute Gasteiger partial charge is 0.258 e. The molecule has 1 atom stereocenters. The number of nitrogens with one attached hydrogen (secondary N) is 2. The van der Waals surface area contributed by atoms with Crippen LogP contribution in [0.2, 0.25) is 0 Å². The number of aromatic nitrogens is 5. The number of aromatic amines is 1. The highest BCUT2D eigenvalue weighted by molar-refractivity contribution is 5.83. The molecule has 0 spiro atoms. The highest BCUT2D eigenvalue weighted by Gasteiger charge is 2.32. The van der Waals surface area contributed by atoms with Crippen LogP contribution in [0.5, 0.6) is 0 Å². The Kier molecular flexibility index (Phi) is 5.95. The number of quaternary nitrogens is 1. The van der Waals surface area contributed by atoms with Gasteiger partial charge in [0.1, 0.15) is 0 Å². The molecule has 4 rings (SSSR count). The van der Waals surface area contributed by atoms with E-state index in [2.05, 4.69) is 59.5 Å². The number of aryl methyl sites for hydroxylation is 2. The van der Waals surface area contributed by atoms with E-state index in [9.17, 15) is 4.79 Å². The topological polar surface area (TPSA) is 80.9 Å². The Morgan fingerprint density at radius 3 is 2.52 bits per heavy atom. The molecule has 0 aliphatic heterocycles. The molecule has 2 aromatic carbocycles. The van der Waals surface area contributed by atoms with Crippen molar-refractivity contribution in [3.05, 3.63) is 87.0 Å². The Hall–Kier alpha value is -3.32. The van der Waals surface area contributed by atoms with Crippen LogP contribution in [0.3, 0.4) is 0 Å². The highest BCUT2D eigenvalue weighted by atomic mass is 16.1. The molecule has 0 bridgehead atoms. The maximum atomic E-state index is 13.3. The summed E-state index contributed by atoms with van der Waals surface area (Å²) in [5.41, 5.74) is 4.86. The van der Waals surface area contributed by atoms with Gasteiger partial charge in [-0.1, -0.05) is 36.4 Å². The van der Waals surface area contributed by atoms with Crippen molar-refractivity contribution < 1.29 is 4.90 Å². The molecule has 31 heavy (non-hydrogen) atoms. The molecule has 0 unspecified atom stereocenters. The molecule has 160 valence electrons. The normalized spacial score (nSPS) is 12.5. The number of pyridine rings is 1. The van der Waals surface area contributed by atoms with E-state index in [-0.39, 0.29) is 11.6 Å². The standard InChI is InChI=1S/C24H28N6O/c1-5-29(6-2)22(23-26-27-28-30(23)15-18-10-8-7-9-11-18)20-14-19-17(4)12-16(3)13-21(19)25-24(20)31/h7-14,22H,5-6,15H2,1-4H3,(H,25,31)/p+1/t22-/m1/s1. The molecule has 2 aromatic heterocycles. The summed E-state index contributed by atoms with van der Waals surface area (Å²) in [6, 6.07) is 16.0. The second kappa shape index (κ2) is 8.81. The van der Waals surface area contributed by atoms with Crippen molar-refractivity contribution in [1.29, 1.82) is 0 Å². The van der Waals surface area contributed by atoms with E-state index in [0.29, 0.717) is 17.9 Å². The summed E-state index contributed by atoms with van der Waals surface area (Å²) in [6.07, 6.45) is 0. The van der Waals surface area contributed by atoms with Crippen LogP contribution in [-0.2, 0) is 6.54 Å². The fraction of sp³-hybridized carbons (Fsp3) is 0.333. The summed E-state index contributed by atoms with van der Waals surface area (Å²) in [6.45, 7) is 10.6. The lowest BCUT2D eigenvalue weighted by atomic mass is 10.00. The van der Waals surface area contributed by atoms with Crippen molar-refractivity contribution in [2.75, 3.05) is 13.1 Å². The zero-order valence-electron chi connectivity index (χ0n) is 18.5. The minimum absolute atomic E-state index is 0.0869. The largest absolute Gasteiger partial charge is 0.323 e. The predicted octanol–water partition coefficient (Wildman–Crippen LogP) is 2.19. The van der Waals surface area contributed by atoms with Gasteiger partial charge in [0.15, 0.2) is 6.04 Å². The van der Waals surface area contributed by atoms with Crippen LogP contribution < -0.4 is 10.5 Å². The lowest BCUT2D eigenvalue weighted by molar-refractivity contribution is -0.923. The maximum absolute atomic E-state index is 13.3. The average molecular weight is 418 g/mol. The zero-order valence-corrected chi connectivity index (χ0v) is 18.5. The van der Waals surface area contributed by atoms with Crippen LogP contribution in [0.1, 0.15) is 48.0 Å². The number of fused-ring (bicyclic) bond motifs is 1. The summed E-state index contributed by atoms with van der Waals surface area (Å²) >= 11 is 0. The molecule has 0 amide bonds. The van der Waals surface area contributed by atoms with Gasteiger partial charge >= 0.3 is 0 Å². The molecule has 0 fully saturated rings. The quantitative estimate of drug-likeness (QED) is 0.483. The second-order valence-electron chi connectivity index (χ2n) is 8.08. The first-order valence-corrected chi connectivity index (χ1v) is 10.8. The Morgan fingerprint density at radius 1 is 1.06 bits per heavy atom. The lowest BCUT2D eigenvalue weighted by Gasteiger charge is -2.26. The third-order valence-corrected chi connectivity index (χ3v) is 5.96. The SMILES string of the molecule is CC[NH+](CC)[C@H](c1cc2c(C)cc(C)cc2[nH]c1=O)c1nnnn1Cc1ccccc1. The van der Waals surface area contributed by atoms with Crippen molar-refractivity contribution in [1.82, 2.24) is 25.2 Å². The molecule has 0 radical (unpaired) electrons. The van der Waals surface area contributed by atoms with E-state index in [4.69, 9.17) is 0 Å². The summed E-state index contributed by atoms with van der Waals surface area (Å²) < 4.78 is 1.82. The van der Waals surface area contributed by atoms with Gasteiger partial charge in [-0.05, 0) is 66.9 Å². The van der Waals surface area contributed by atoms with E-state index in [1.54, 1.807) is 0 Å². The summed E-state index contributed by atoms with van der Waals surface area (Å²) in [7, 11) is 0. The third kappa shape index (κ3) is 4.14. The molecule has 2 N–H and O–H groups in total. The fourth-order valence-electron chi connectivity index (χ4n) is 4.39. The second-order valence-corrected chi connectivity index (χ2v) is 8.08. The first-order chi connectivity index (χ1) is 15.0. The monoisotopic (exact) mass is 417 g/mol. The van der Waals surface area contributed by atoms with Gasteiger partial charge in [-0.15, -0.1) is 5.10 Å². The minimum Gasteiger partial charge on any atom is -0.323 e. The van der Waals surface area contributed by atoms with E-state index >= 15 is 0 Å². The third-order valence-electron chi connectivity index (χ3n) is 5.96. The molecule has 0 saturated carbocycles. The van der Waals surface area contributed by atoms with Crippen LogP contribution in [0.4, 0.5) is 0 Å². The zero-order chi connectivity index (χ0) is 22.0. The maximum Gasteiger partial charge on any atom is 0.258 e. The van der Waals surface area contributed by atoms with E-state index in [0.717, 1.165) is 40.7 Å². The van der Waals surface area contributed by atoms with Crippen LogP contribution in [0.15, 0.2) is 53.3 Å². The first-order valence-electron chi connectivity index (χ1n) is 10.8. The van der Waals surface area contributed by atoms with E-state index < -0.39 is 0 Å². The molecule has 0 aliphatic carbocycles. The van der Waals surface area contributed by atoms with Gasteiger partial charge in [0.2, 0.25) is 5.82 Å². The molecule has 0 aliphatic rings. The summed E-state index contributed by atoms with van der Waals surface area (Å²) in [5, 5.41) is 13.7. The number of rotatable bonds is 7. The Morgan fingerprint density at radius 2 is 1.81 bits per heavy atom. The minimum atomic E-state index is -0.262. The van der Waals surface area contributed by atoms with Gasteiger partial charge in [0.05, 0.1) is 25.2 Å². The summed E-state index contributed by atoms with van der Waals surface area (Å²) in [4.78, 5) is 17.6. The number of tetrazole rings is 1. The van der Waals surface area contributed by atoms with Gasteiger partial charge in [0, 0.05) is 10.9 Å². The van der Waals surface area contributed by atoms with Crippen molar-refractivity contribution >= 4 is 10.9 Å². The Balaban J connectivity index is 1.87. The number of H-pyrrole nitrogens is 1. The summed E-state index contributed by atoms with van der Waals surface area (Å²) in [5.74, 6) is 0.706. The van der Waals surface area contributed by atoms with Gasteiger partial charge in [-0.2, -0.15) is 0 Å². The van der Waals surface area contributed by atoms with Crippen LogP contribution >= 0.6 is 0 Å². The van der Waals surface area contributed by atoms with Crippen molar-refractivity contribution in [2.45, 2.75) is 40.3 Å². The lowest BCUT2D eigenvalue weighted by Crippen LogP contribution is -3.12. The number of benzene rings is 2. The van der Waals surface area contributed by atoms with E-state index in [1.165, 1.54) is 4.90 Å². The Labute approximate surface area is 181 Å². The molecule has 7 nitrogen and oxygen atoms in total. The molecular formula is C24H29N6O+. The number of hydrogen-bond acceptors (Lipinski definition) is 4. The van der Waals surface area contributed by atoms with Crippen molar-refractivity contribution in [2.24, 2.45) is 0 Å². The van der Waals surface area contributed by atoms with Crippen LogP contribution in [0, 0.1) is 13.8 Å². The number of hydrogen-bond donors (Lipinski definition) is 2. The van der Waals surface area contributed by atoms with Gasteiger partial charge in [0.25, 0.3) is 5.56 Å². The highest BCUT2D eigenvalue weighted by Crippen LogP contribution is 2.22. The van der Waals surface area contributed by atoms with Crippen molar-refractivity contribution in [3.8, 4) is 0 Å². The van der Waals surface area contributed by atoms with Crippen LogP contribution in [-0.4, -0.2) is 38.3 Å². The van der Waals surface area contributed by atoms with Crippen LogP contribution in [0.25, 0.3) is 10.9 Å². The molecular weight excluding hydrogens is 388 g/mol. The predicted molar refractivity (Wildman–Crippen MR) is 121 cm³/mol. The van der Waals surface area contributed by atoms with Gasteiger partial charge in [-0.3, -0.25) is 4.79 Å².